The number of aryl methyl sites for hydroxylation is 2. The second kappa shape index (κ2) is 7.84. The monoisotopic (exact) mass is 412 g/mol. The number of hydrogen-bond donors (Lipinski definition) is 1. The minimum atomic E-state index is -4.83. The minimum absolute atomic E-state index is 0.353. The van der Waals surface area contributed by atoms with E-state index in [4.69, 9.17) is 0 Å². The van der Waals surface area contributed by atoms with E-state index in [1.165, 1.54) is 0 Å². The Morgan fingerprint density at radius 1 is 1.10 bits per heavy atom. The number of nitrogens with zero attached hydrogens (tertiary/aromatic N) is 2. The molecule has 0 amide bonds. The van der Waals surface area contributed by atoms with Gasteiger partial charge in [-0.1, -0.05) is 30.3 Å². The highest BCUT2D eigenvalue weighted by Crippen LogP contribution is 2.42. The number of pyridine rings is 1. The molecule has 1 heterocycles. The van der Waals surface area contributed by atoms with Crippen LogP contribution in [0.25, 0.3) is 10.9 Å². The van der Waals surface area contributed by atoms with Gasteiger partial charge in [-0.05, 0) is 73.9 Å². The number of aliphatic hydroxyl groups is 1. The third-order valence-corrected chi connectivity index (χ3v) is 5.81. The summed E-state index contributed by atoms with van der Waals surface area (Å²) in [6.07, 6.45) is -2.34. The molecule has 0 fully saturated rings. The lowest BCUT2D eigenvalue weighted by Crippen LogP contribution is -2.48. The maximum atomic E-state index is 14.0. The second-order valence-electron chi connectivity index (χ2n) is 7.97. The Labute approximate surface area is 173 Å². The summed E-state index contributed by atoms with van der Waals surface area (Å²) in [4.78, 5) is 8.48. The van der Waals surface area contributed by atoms with E-state index < -0.39 is 18.2 Å². The third-order valence-electron chi connectivity index (χ3n) is 5.81. The Balaban J connectivity index is 1.69. The molecule has 1 aromatic heterocycles. The van der Waals surface area contributed by atoms with Gasteiger partial charge in [-0.25, -0.2) is 0 Å². The van der Waals surface area contributed by atoms with Crippen LogP contribution in [-0.2, 0) is 6.42 Å². The van der Waals surface area contributed by atoms with Crippen molar-refractivity contribution in [3.05, 3.63) is 71.4 Å². The van der Waals surface area contributed by atoms with Crippen molar-refractivity contribution < 1.29 is 18.3 Å². The van der Waals surface area contributed by atoms with Gasteiger partial charge in [0, 0.05) is 17.3 Å². The fourth-order valence-electron chi connectivity index (χ4n) is 4.21. The number of alkyl halides is 3. The van der Waals surface area contributed by atoms with Crippen molar-refractivity contribution in [1.82, 2.24) is 4.98 Å². The topological polar surface area (TPSA) is 45.5 Å². The van der Waals surface area contributed by atoms with Crippen molar-refractivity contribution in [1.29, 1.82) is 0 Å². The summed E-state index contributed by atoms with van der Waals surface area (Å²) in [5.41, 5.74) is 0.762. The van der Waals surface area contributed by atoms with Crippen LogP contribution < -0.4 is 0 Å². The Morgan fingerprint density at radius 3 is 2.70 bits per heavy atom. The van der Waals surface area contributed by atoms with Gasteiger partial charge in [0.15, 0.2) is 5.60 Å². The zero-order valence-corrected chi connectivity index (χ0v) is 16.7. The predicted octanol–water partition coefficient (Wildman–Crippen LogP) is 6.05. The van der Waals surface area contributed by atoms with Gasteiger partial charge >= 0.3 is 6.18 Å². The van der Waals surface area contributed by atoms with Gasteiger partial charge in [-0.3, -0.25) is 9.98 Å². The van der Waals surface area contributed by atoms with Crippen molar-refractivity contribution in [2.75, 3.05) is 0 Å². The highest BCUT2D eigenvalue weighted by atomic mass is 19.4. The van der Waals surface area contributed by atoms with Crippen LogP contribution in [0.5, 0.6) is 0 Å². The summed E-state index contributed by atoms with van der Waals surface area (Å²) in [6, 6.07) is 16.2. The average Bonchev–Trinajstić information content (AvgIpc) is 2.71. The van der Waals surface area contributed by atoms with E-state index in [0.29, 0.717) is 29.2 Å². The summed E-state index contributed by atoms with van der Waals surface area (Å²) in [6.45, 7) is 1.85. The molecule has 0 aliphatic heterocycles. The predicted molar refractivity (Wildman–Crippen MR) is 112 cm³/mol. The van der Waals surface area contributed by atoms with Crippen LogP contribution in [0, 0.1) is 6.92 Å². The maximum absolute atomic E-state index is 14.0. The van der Waals surface area contributed by atoms with E-state index in [2.05, 4.69) is 9.98 Å². The molecule has 3 aromatic rings. The number of rotatable bonds is 4. The molecule has 156 valence electrons. The molecule has 4 rings (SSSR count). The fourth-order valence-corrected chi connectivity index (χ4v) is 4.21. The van der Waals surface area contributed by atoms with E-state index in [1.54, 1.807) is 30.3 Å². The lowest BCUT2D eigenvalue weighted by Gasteiger charge is -2.33. The molecular formula is C24H23F3N2O. The van der Waals surface area contributed by atoms with Crippen molar-refractivity contribution in [3.8, 4) is 0 Å². The summed E-state index contributed by atoms with van der Waals surface area (Å²) in [7, 11) is 0. The van der Waals surface area contributed by atoms with Crippen molar-refractivity contribution in [2.24, 2.45) is 4.99 Å². The number of halogens is 3. The van der Waals surface area contributed by atoms with Crippen LogP contribution in [0.4, 0.5) is 18.9 Å². The molecule has 30 heavy (non-hydrogen) atoms. The van der Waals surface area contributed by atoms with E-state index >= 15 is 0 Å². The molecule has 2 aromatic carbocycles. The first-order valence-electron chi connectivity index (χ1n) is 10.1. The van der Waals surface area contributed by atoms with Gasteiger partial charge in [-0.2, -0.15) is 13.2 Å². The Hall–Kier alpha value is -2.73. The normalized spacial score (nSPS) is 19.0. The van der Waals surface area contributed by atoms with Crippen molar-refractivity contribution in [3.63, 3.8) is 0 Å². The SMILES string of the molecule is Cc1ccc2c(/N=C/C(O)(CC3CCCc4ccccc43)C(F)(F)F)cccc2n1. The van der Waals surface area contributed by atoms with Crippen molar-refractivity contribution in [2.45, 2.75) is 50.3 Å². The fraction of sp³-hybridized carbons (Fsp3) is 0.333. The number of aliphatic imine (C=N–C) groups is 1. The smallest absolute Gasteiger partial charge is 0.376 e. The summed E-state index contributed by atoms with van der Waals surface area (Å²) < 4.78 is 41.9. The van der Waals surface area contributed by atoms with Gasteiger partial charge < -0.3 is 5.11 Å². The maximum Gasteiger partial charge on any atom is 0.422 e. The lowest BCUT2D eigenvalue weighted by atomic mass is 9.77. The van der Waals surface area contributed by atoms with E-state index in [9.17, 15) is 18.3 Å². The quantitative estimate of drug-likeness (QED) is 0.530. The average molecular weight is 412 g/mol. The number of aromatic nitrogens is 1. The molecule has 0 spiro atoms. The van der Waals surface area contributed by atoms with Crippen LogP contribution >= 0.6 is 0 Å². The summed E-state index contributed by atoms with van der Waals surface area (Å²) in [5, 5.41) is 11.4. The van der Waals surface area contributed by atoms with E-state index in [-0.39, 0.29) is 5.92 Å². The van der Waals surface area contributed by atoms with Crippen LogP contribution in [0.2, 0.25) is 0 Å². The van der Waals surface area contributed by atoms with E-state index in [0.717, 1.165) is 29.7 Å². The minimum Gasteiger partial charge on any atom is -0.376 e. The van der Waals surface area contributed by atoms with Crippen molar-refractivity contribution >= 4 is 22.8 Å². The molecule has 0 saturated carbocycles. The van der Waals surface area contributed by atoms with Gasteiger partial charge in [-0.15, -0.1) is 0 Å². The number of benzene rings is 2. The van der Waals surface area contributed by atoms with Crippen LogP contribution in [0.15, 0.2) is 59.6 Å². The molecule has 1 aliphatic rings. The molecular weight excluding hydrogens is 389 g/mol. The van der Waals surface area contributed by atoms with Gasteiger partial charge in [0.2, 0.25) is 0 Å². The number of hydrogen-bond acceptors (Lipinski definition) is 3. The number of fused-ring (bicyclic) bond motifs is 2. The van der Waals surface area contributed by atoms with Crippen LogP contribution in [0.3, 0.4) is 0 Å². The molecule has 2 unspecified atom stereocenters. The van der Waals surface area contributed by atoms with Gasteiger partial charge in [0.1, 0.15) is 0 Å². The highest BCUT2D eigenvalue weighted by molar-refractivity contribution is 5.92. The summed E-state index contributed by atoms with van der Waals surface area (Å²) >= 11 is 0. The first-order chi connectivity index (χ1) is 14.3. The molecule has 3 nitrogen and oxygen atoms in total. The Kier molecular flexibility index (Phi) is 5.36. The molecule has 0 bridgehead atoms. The largest absolute Gasteiger partial charge is 0.422 e. The zero-order chi connectivity index (χ0) is 21.4. The standard InChI is InChI=1S/C24H23F3N2O/c1-16-12-13-20-21(10-5-11-22(20)29-16)28-15-23(30,24(25,26)27)14-18-8-4-7-17-6-2-3-9-19(17)18/h2-3,5-6,9-13,15,18,30H,4,7-8,14H2,1H3/b28-15+. The molecule has 0 radical (unpaired) electrons. The summed E-state index contributed by atoms with van der Waals surface area (Å²) in [5.74, 6) is -0.371. The molecule has 0 saturated heterocycles. The van der Waals surface area contributed by atoms with Gasteiger partial charge in [0.05, 0.1) is 11.2 Å². The lowest BCUT2D eigenvalue weighted by molar-refractivity contribution is -0.232. The van der Waals surface area contributed by atoms with Crippen LogP contribution in [0.1, 0.15) is 42.0 Å². The molecule has 1 N–H and O–H groups in total. The second-order valence-corrected chi connectivity index (χ2v) is 7.97. The van der Waals surface area contributed by atoms with E-state index in [1.807, 2.05) is 31.2 Å². The first-order valence-corrected chi connectivity index (χ1v) is 10.1. The third kappa shape index (κ3) is 3.97. The molecule has 6 heteroatoms. The first kappa shape index (κ1) is 20.5. The zero-order valence-electron chi connectivity index (χ0n) is 16.7. The molecule has 1 aliphatic carbocycles. The Bertz CT molecular complexity index is 1090. The molecule has 2 atom stereocenters. The van der Waals surface area contributed by atoms with Gasteiger partial charge in [0.25, 0.3) is 0 Å². The van der Waals surface area contributed by atoms with Crippen LogP contribution in [-0.4, -0.2) is 28.1 Å². The Morgan fingerprint density at radius 2 is 1.90 bits per heavy atom. The highest BCUT2D eigenvalue weighted by Gasteiger charge is 2.54.